The Morgan fingerprint density at radius 3 is 2.33 bits per heavy atom. The summed E-state index contributed by atoms with van der Waals surface area (Å²) in [5.74, 6) is 1.19. The average Bonchev–Trinajstić information content (AvgIpc) is 3.54. The second-order valence-electron chi connectivity index (χ2n) is 11.8. The van der Waals surface area contributed by atoms with Crippen molar-refractivity contribution in [2.24, 2.45) is 11.8 Å². The zero-order chi connectivity index (χ0) is 30.3. The maximum absolute atomic E-state index is 13.7. The highest BCUT2D eigenvalue weighted by Crippen LogP contribution is 2.31. The Morgan fingerprint density at radius 1 is 0.884 bits per heavy atom. The number of rotatable bonds is 11. The first-order chi connectivity index (χ1) is 20.9. The predicted octanol–water partition coefficient (Wildman–Crippen LogP) is 3.40. The maximum atomic E-state index is 13.7. The molecule has 2 aliphatic carbocycles. The molecule has 3 aromatic rings. The molecule has 0 radical (unpaired) electrons. The van der Waals surface area contributed by atoms with Gasteiger partial charge >= 0.3 is 5.69 Å². The number of fused-ring (bicyclic) bond motifs is 1. The zero-order valence-corrected chi connectivity index (χ0v) is 25.1. The minimum Gasteiger partial charge on any atom is -0.493 e. The average molecular weight is 591 g/mol. The number of ether oxygens (including phenoxy) is 2. The van der Waals surface area contributed by atoms with Gasteiger partial charge in [0.05, 0.1) is 25.1 Å². The molecule has 2 amide bonds. The molecule has 10 heteroatoms. The number of benzene rings is 2. The lowest BCUT2D eigenvalue weighted by Gasteiger charge is -2.29. The van der Waals surface area contributed by atoms with E-state index in [1.165, 1.54) is 22.0 Å². The Labute approximate surface area is 251 Å². The van der Waals surface area contributed by atoms with Gasteiger partial charge in [-0.15, -0.1) is 0 Å². The van der Waals surface area contributed by atoms with Crippen LogP contribution in [0.2, 0.25) is 0 Å². The number of hydrogen-bond acceptors (Lipinski definition) is 6. The Hall–Kier alpha value is -4.08. The molecule has 0 aliphatic heterocycles. The van der Waals surface area contributed by atoms with E-state index >= 15 is 0 Å². The SMILES string of the molecule is COc1ccc(CCNC(=O)Cn2c(=O)n(CC3CCC(C(=O)NC4CCCC4)CC3)c(=O)c3ccccc32)cc1OC. The first-order valence-corrected chi connectivity index (χ1v) is 15.4. The van der Waals surface area contributed by atoms with Gasteiger partial charge in [0.25, 0.3) is 5.56 Å². The summed E-state index contributed by atoms with van der Waals surface area (Å²) in [6.07, 6.45) is 8.11. The number of para-hydroxylation sites is 1. The lowest BCUT2D eigenvalue weighted by molar-refractivity contribution is -0.127. The topological polar surface area (TPSA) is 121 Å². The molecule has 2 saturated carbocycles. The smallest absolute Gasteiger partial charge is 0.331 e. The highest BCUT2D eigenvalue weighted by Gasteiger charge is 2.29. The number of hydrogen-bond donors (Lipinski definition) is 2. The van der Waals surface area contributed by atoms with Gasteiger partial charge in [0.1, 0.15) is 6.54 Å². The lowest BCUT2D eigenvalue weighted by Crippen LogP contribution is -2.44. The molecule has 2 aliphatic rings. The second-order valence-corrected chi connectivity index (χ2v) is 11.8. The van der Waals surface area contributed by atoms with Crippen LogP contribution in [0.4, 0.5) is 0 Å². The summed E-state index contributed by atoms with van der Waals surface area (Å²) < 4.78 is 13.3. The van der Waals surface area contributed by atoms with Crippen LogP contribution in [0, 0.1) is 11.8 Å². The number of carbonyl (C=O) groups is 2. The van der Waals surface area contributed by atoms with Crippen molar-refractivity contribution in [1.82, 2.24) is 19.8 Å². The summed E-state index contributed by atoms with van der Waals surface area (Å²) in [7, 11) is 3.15. The van der Waals surface area contributed by atoms with Crippen molar-refractivity contribution in [3.05, 3.63) is 68.9 Å². The third-order valence-corrected chi connectivity index (χ3v) is 8.98. The van der Waals surface area contributed by atoms with Crippen LogP contribution in [-0.4, -0.2) is 47.8 Å². The summed E-state index contributed by atoms with van der Waals surface area (Å²) >= 11 is 0. The molecule has 5 rings (SSSR count). The number of amides is 2. The Kier molecular flexibility index (Phi) is 9.84. The van der Waals surface area contributed by atoms with E-state index in [2.05, 4.69) is 10.6 Å². The molecule has 0 unspecified atom stereocenters. The second kappa shape index (κ2) is 13.9. The number of aromatic nitrogens is 2. The van der Waals surface area contributed by atoms with Gasteiger partial charge < -0.3 is 20.1 Å². The monoisotopic (exact) mass is 590 g/mol. The van der Waals surface area contributed by atoms with Crippen LogP contribution in [0.15, 0.2) is 52.1 Å². The van der Waals surface area contributed by atoms with E-state index in [1.54, 1.807) is 38.5 Å². The maximum Gasteiger partial charge on any atom is 0.331 e. The minimum absolute atomic E-state index is 0.00969. The van der Waals surface area contributed by atoms with Gasteiger partial charge in [0.2, 0.25) is 11.8 Å². The van der Waals surface area contributed by atoms with Crippen LogP contribution >= 0.6 is 0 Å². The van der Waals surface area contributed by atoms with Gasteiger partial charge in [-0.2, -0.15) is 0 Å². The molecule has 0 bridgehead atoms. The van der Waals surface area contributed by atoms with Crippen LogP contribution < -0.4 is 31.4 Å². The highest BCUT2D eigenvalue weighted by atomic mass is 16.5. The molecule has 0 atom stereocenters. The van der Waals surface area contributed by atoms with Crippen molar-refractivity contribution in [3.63, 3.8) is 0 Å². The molecule has 1 aromatic heterocycles. The van der Waals surface area contributed by atoms with Gasteiger partial charge in [0.15, 0.2) is 11.5 Å². The molecule has 1 heterocycles. The van der Waals surface area contributed by atoms with E-state index < -0.39 is 5.69 Å². The Bertz CT molecular complexity index is 1560. The van der Waals surface area contributed by atoms with E-state index in [4.69, 9.17) is 9.47 Å². The Morgan fingerprint density at radius 2 is 1.60 bits per heavy atom. The van der Waals surface area contributed by atoms with E-state index in [0.29, 0.717) is 41.4 Å². The van der Waals surface area contributed by atoms with Crippen LogP contribution in [0.1, 0.15) is 56.9 Å². The molecule has 0 saturated heterocycles. The van der Waals surface area contributed by atoms with Crippen molar-refractivity contribution in [1.29, 1.82) is 0 Å². The summed E-state index contributed by atoms with van der Waals surface area (Å²) in [4.78, 5) is 52.8. The van der Waals surface area contributed by atoms with E-state index in [0.717, 1.165) is 44.1 Å². The van der Waals surface area contributed by atoms with Crippen LogP contribution in [0.25, 0.3) is 10.9 Å². The molecule has 43 heavy (non-hydrogen) atoms. The van der Waals surface area contributed by atoms with Gasteiger partial charge in [-0.25, -0.2) is 4.79 Å². The highest BCUT2D eigenvalue weighted by molar-refractivity contribution is 5.81. The largest absolute Gasteiger partial charge is 0.493 e. The van der Waals surface area contributed by atoms with Crippen molar-refractivity contribution >= 4 is 22.7 Å². The van der Waals surface area contributed by atoms with E-state index in [-0.39, 0.29) is 42.3 Å². The fourth-order valence-electron chi connectivity index (χ4n) is 6.52. The van der Waals surface area contributed by atoms with Gasteiger partial charge in [0, 0.05) is 25.0 Å². The molecule has 0 spiro atoms. The minimum atomic E-state index is -0.486. The summed E-state index contributed by atoms with van der Waals surface area (Å²) in [5.41, 5.74) is 0.586. The normalized spacial score (nSPS) is 18.8. The first kappa shape index (κ1) is 30.4. The fraction of sp³-hybridized carbons (Fsp3) is 0.515. The van der Waals surface area contributed by atoms with Gasteiger partial charge in [-0.1, -0.05) is 31.0 Å². The van der Waals surface area contributed by atoms with Crippen LogP contribution in [0.3, 0.4) is 0 Å². The van der Waals surface area contributed by atoms with E-state index in [1.807, 2.05) is 18.2 Å². The van der Waals surface area contributed by atoms with Gasteiger partial charge in [-0.3, -0.25) is 23.5 Å². The summed E-state index contributed by atoms with van der Waals surface area (Å²) in [6.45, 7) is 0.457. The Balaban J connectivity index is 1.24. The molecular formula is C33H42N4O6. The number of nitrogens with one attached hydrogen (secondary N) is 2. The third-order valence-electron chi connectivity index (χ3n) is 8.98. The molecule has 2 N–H and O–H groups in total. The van der Waals surface area contributed by atoms with Crippen molar-refractivity contribution < 1.29 is 19.1 Å². The van der Waals surface area contributed by atoms with Crippen molar-refractivity contribution in [2.75, 3.05) is 20.8 Å². The quantitative estimate of drug-likeness (QED) is 0.353. The summed E-state index contributed by atoms with van der Waals surface area (Å²) in [6, 6.07) is 12.8. The molecule has 2 fully saturated rings. The predicted molar refractivity (Wildman–Crippen MR) is 165 cm³/mol. The standard InChI is InChI=1S/C33H42N4O6/c1-42-28-16-13-22(19-29(28)43-2)17-18-34-30(38)21-36-27-10-6-5-9-26(27)32(40)37(33(36)41)20-23-11-14-24(15-12-23)31(39)35-25-7-3-4-8-25/h5-6,9-10,13,16,19,23-25H,3-4,7-8,11-12,14-15,17-18,20-21H2,1-2H3,(H,34,38)(H,35,39). The van der Waals surface area contributed by atoms with Crippen molar-refractivity contribution in [3.8, 4) is 11.5 Å². The van der Waals surface area contributed by atoms with E-state index in [9.17, 15) is 19.2 Å². The van der Waals surface area contributed by atoms with Crippen LogP contribution in [0.5, 0.6) is 11.5 Å². The molecule has 2 aromatic carbocycles. The summed E-state index contributed by atoms with van der Waals surface area (Å²) in [5, 5.41) is 6.52. The molecule has 230 valence electrons. The number of carbonyl (C=O) groups excluding carboxylic acids is 2. The first-order valence-electron chi connectivity index (χ1n) is 15.4. The molecule has 10 nitrogen and oxygen atoms in total. The number of nitrogens with zero attached hydrogens (tertiary/aromatic N) is 2. The van der Waals surface area contributed by atoms with Crippen LogP contribution in [-0.2, 0) is 29.1 Å². The molecular weight excluding hydrogens is 548 g/mol. The fourth-order valence-corrected chi connectivity index (χ4v) is 6.52. The zero-order valence-electron chi connectivity index (χ0n) is 25.1. The van der Waals surface area contributed by atoms with Gasteiger partial charge in [-0.05, 0) is 80.7 Å². The number of methoxy groups -OCH3 is 2. The third kappa shape index (κ3) is 7.12. The lowest BCUT2D eigenvalue weighted by atomic mass is 9.81. The van der Waals surface area contributed by atoms with Crippen molar-refractivity contribution in [2.45, 2.75) is 76.9 Å².